The normalized spacial score (nSPS) is 20.6. The molecule has 6 N–H and O–H groups in total. The van der Waals surface area contributed by atoms with Crippen molar-refractivity contribution in [1.29, 1.82) is 0 Å². The number of hydrogen-bond donors (Lipinski definition) is 5. The van der Waals surface area contributed by atoms with E-state index in [-0.39, 0.29) is 6.54 Å². The molecule has 9 heteroatoms. The molecule has 98 valence electrons. The largest absolute Gasteiger partial charge is 0.480 e. The van der Waals surface area contributed by atoms with Gasteiger partial charge in [0.25, 0.3) is 0 Å². The number of nitrogens with one attached hydrogen (secondary N) is 3. The molecule has 8 nitrogen and oxygen atoms in total. The molecule has 1 aromatic rings. The van der Waals surface area contributed by atoms with Gasteiger partial charge in [-0.2, -0.15) is 13.1 Å². The van der Waals surface area contributed by atoms with E-state index in [0.717, 1.165) is 0 Å². The van der Waals surface area contributed by atoms with E-state index >= 15 is 0 Å². The van der Waals surface area contributed by atoms with Crippen molar-refractivity contribution in [1.82, 2.24) is 4.72 Å². The van der Waals surface area contributed by atoms with Gasteiger partial charge >= 0.3 is 16.2 Å². The second kappa shape index (κ2) is 4.44. The minimum atomic E-state index is -3.66. The first-order chi connectivity index (χ1) is 8.39. The van der Waals surface area contributed by atoms with Crippen LogP contribution in [0.1, 0.15) is 11.7 Å². The maximum absolute atomic E-state index is 11.4. The predicted octanol–water partition coefficient (Wildman–Crippen LogP) is -0.600. The summed E-state index contributed by atoms with van der Waals surface area (Å²) >= 11 is 0. The van der Waals surface area contributed by atoms with Gasteiger partial charge in [-0.1, -0.05) is 6.07 Å². The van der Waals surface area contributed by atoms with Crippen LogP contribution in [0, 0.1) is 0 Å². The molecule has 1 aliphatic heterocycles. The molecule has 0 saturated heterocycles. The Balaban J connectivity index is 2.38. The summed E-state index contributed by atoms with van der Waals surface area (Å²) < 4.78 is 27.2. The first-order valence-corrected chi connectivity index (χ1v) is 6.51. The van der Waals surface area contributed by atoms with Crippen LogP contribution in [0.2, 0.25) is 0 Å². The number of carbonyl (C=O) groups is 1. The van der Waals surface area contributed by atoms with E-state index in [4.69, 9.17) is 10.8 Å². The predicted molar refractivity (Wildman–Crippen MR) is 65.2 cm³/mol. The quantitative estimate of drug-likeness (QED) is 0.499. The van der Waals surface area contributed by atoms with Gasteiger partial charge in [-0.25, -0.2) is 0 Å². The Labute approximate surface area is 103 Å². The number of anilines is 2. The maximum Gasteiger partial charge on any atom is 0.322 e. The number of benzene rings is 1. The summed E-state index contributed by atoms with van der Waals surface area (Å²) in [5.74, 6) is -1.02. The fourth-order valence-corrected chi connectivity index (χ4v) is 2.69. The minimum absolute atomic E-state index is 0.282. The zero-order valence-electron chi connectivity index (χ0n) is 9.17. The van der Waals surface area contributed by atoms with Gasteiger partial charge in [0.15, 0.2) is 0 Å². The van der Waals surface area contributed by atoms with Gasteiger partial charge in [0, 0.05) is 11.3 Å². The highest BCUT2D eigenvalue weighted by atomic mass is 32.2. The summed E-state index contributed by atoms with van der Waals surface area (Å²) in [5, 5.41) is 11.3. The van der Waals surface area contributed by atoms with Crippen LogP contribution in [0.5, 0.6) is 0 Å². The molecule has 0 amide bonds. The van der Waals surface area contributed by atoms with Gasteiger partial charge < -0.3 is 16.2 Å². The number of rotatable bonds is 3. The molecule has 0 saturated carbocycles. The average molecular weight is 272 g/mol. The molecule has 1 aliphatic rings. The van der Waals surface area contributed by atoms with Gasteiger partial charge in [-0.15, -0.1) is 0 Å². The van der Waals surface area contributed by atoms with E-state index in [1.54, 1.807) is 18.2 Å². The maximum atomic E-state index is 11.4. The molecule has 0 spiro atoms. The highest BCUT2D eigenvalue weighted by Crippen LogP contribution is 2.32. The lowest BCUT2D eigenvalue weighted by Crippen LogP contribution is -2.42. The smallest absolute Gasteiger partial charge is 0.322 e. The van der Waals surface area contributed by atoms with E-state index in [0.29, 0.717) is 16.9 Å². The molecular formula is C9H12N4O4S. The fraction of sp³-hybridized carbons (Fsp3) is 0.222. The molecule has 0 aliphatic carbocycles. The Morgan fingerprint density at radius 3 is 2.89 bits per heavy atom. The molecule has 18 heavy (non-hydrogen) atoms. The van der Waals surface area contributed by atoms with Crippen molar-refractivity contribution in [3.05, 3.63) is 23.8 Å². The Morgan fingerprint density at radius 1 is 1.50 bits per heavy atom. The highest BCUT2D eigenvalue weighted by Gasteiger charge is 2.27. The SMILES string of the molecule is NC1NS(=O)(=O)Nc2cccc(NCC(=O)O)c21. The van der Waals surface area contributed by atoms with E-state index in [9.17, 15) is 13.2 Å². The van der Waals surface area contributed by atoms with Crippen molar-refractivity contribution in [2.45, 2.75) is 6.17 Å². The first-order valence-electron chi connectivity index (χ1n) is 5.03. The number of nitrogens with two attached hydrogens (primary N) is 1. The van der Waals surface area contributed by atoms with Crippen molar-refractivity contribution in [2.75, 3.05) is 16.6 Å². The van der Waals surface area contributed by atoms with Crippen LogP contribution in [0.3, 0.4) is 0 Å². The van der Waals surface area contributed by atoms with Crippen LogP contribution in [0.15, 0.2) is 18.2 Å². The van der Waals surface area contributed by atoms with Gasteiger partial charge in [0.2, 0.25) is 0 Å². The fourth-order valence-electron chi connectivity index (χ4n) is 1.71. The third-order valence-corrected chi connectivity index (χ3v) is 3.43. The van der Waals surface area contributed by atoms with Crippen LogP contribution in [0.4, 0.5) is 11.4 Å². The summed E-state index contributed by atoms with van der Waals surface area (Å²) in [6.07, 6.45) is -0.927. The lowest BCUT2D eigenvalue weighted by Gasteiger charge is -2.27. The first kappa shape index (κ1) is 12.6. The summed E-state index contributed by atoms with van der Waals surface area (Å²) in [5.41, 5.74) is 6.99. The number of hydrogen-bond acceptors (Lipinski definition) is 5. The molecular weight excluding hydrogens is 260 g/mol. The van der Waals surface area contributed by atoms with Crippen molar-refractivity contribution >= 4 is 27.6 Å². The topological polar surface area (TPSA) is 134 Å². The van der Waals surface area contributed by atoms with Gasteiger partial charge in [-0.3, -0.25) is 9.52 Å². The number of aliphatic carboxylic acids is 1. The van der Waals surface area contributed by atoms with Crippen molar-refractivity contribution < 1.29 is 18.3 Å². The Morgan fingerprint density at radius 2 is 2.22 bits per heavy atom. The van der Waals surface area contributed by atoms with E-state index < -0.39 is 22.3 Å². The van der Waals surface area contributed by atoms with E-state index in [1.165, 1.54) is 0 Å². The van der Waals surface area contributed by atoms with Gasteiger partial charge in [0.1, 0.15) is 12.7 Å². The van der Waals surface area contributed by atoms with E-state index in [1.807, 2.05) is 0 Å². The van der Waals surface area contributed by atoms with Crippen molar-refractivity contribution in [3.8, 4) is 0 Å². The minimum Gasteiger partial charge on any atom is -0.480 e. The number of carboxylic acids is 1. The third kappa shape index (κ3) is 2.53. The lowest BCUT2D eigenvalue weighted by atomic mass is 10.1. The zero-order chi connectivity index (χ0) is 13.3. The summed E-state index contributed by atoms with van der Waals surface area (Å²) in [6, 6.07) is 4.78. The monoisotopic (exact) mass is 272 g/mol. The molecule has 0 radical (unpaired) electrons. The van der Waals surface area contributed by atoms with Crippen LogP contribution < -0.4 is 20.5 Å². The molecule has 1 aromatic carbocycles. The summed E-state index contributed by atoms with van der Waals surface area (Å²) in [7, 11) is -3.66. The van der Waals surface area contributed by atoms with Crippen LogP contribution >= 0.6 is 0 Å². The Kier molecular flexibility index (Phi) is 3.11. The van der Waals surface area contributed by atoms with Crippen molar-refractivity contribution in [3.63, 3.8) is 0 Å². The average Bonchev–Trinajstić information content (AvgIpc) is 2.23. The summed E-state index contributed by atoms with van der Waals surface area (Å²) in [6.45, 7) is -0.282. The zero-order valence-corrected chi connectivity index (χ0v) is 9.99. The standard InChI is InChI=1S/C9H12N4O4S/c10-9-8-5(11-4-7(14)15)2-1-3-6(8)12-18(16,17)13-9/h1-3,9,11-13H,4,10H2,(H,14,15). The number of carboxylic acid groups (broad SMARTS) is 1. The Bertz CT molecular complexity index is 586. The van der Waals surface area contributed by atoms with E-state index in [2.05, 4.69) is 14.8 Å². The molecule has 1 heterocycles. The summed E-state index contributed by atoms with van der Waals surface area (Å²) in [4.78, 5) is 10.5. The van der Waals surface area contributed by atoms with Crippen LogP contribution in [-0.4, -0.2) is 26.0 Å². The lowest BCUT2D eigenvalue weighted by molar-refractivity contribution is -0.134. The van der Waals surface area contributed by atoms with Gasteiger partial charge in [0.05, 0.1) is 5.69 Å². The molecule has 1 atom stereocenters. The number of fused-ring (bicyclic) bond motifs is 1. The molecule has 0 fully saturated rings. The molecule has 2 rings (SSSR count). The van der Waals surface area contributed by atoms with Crippen LogP contribution in [-0.2, 0) is 15.0 Å². The Hall–Kier alpha value is -1.84. The van der Waals surface area contributed by atoms with Crippen molar-refractivity contribution in [2.24, 2.45) is 5.73 Å². The second-order valence-corrected chi connectivity index (χ2v) is 5.16. The highest BCUT2D eigenvalue weighted by molar-refractivity contribution is 7.90. The third-order valence-electron chi connectivity index (χ3n) is 2.37. The molecule has 0 aromatic heterocycles. The molecule has 0 bridgehead atoms. The van der Waals surface area contributed by atoms with Crippen LogP contribution in [0.25, 0.3) is 0 Å². The second-order valence-electron chi connectivity index (χ2n) is 3.72. The molecule has 1 unspecified atom stereocenters. The van der Waals surface area contributed by atoms with Gasteiger partial charge in [-0.05, 0) is 12.1 Å².